The first-order valence-electron chi connectivity index (χ1n) is 5.91. The summed E-state index contributed by atoms with van der Waals surface area (Å²) in [5.41, 5.74) is 1.42. The van der Waals surface area contributed by atoms with Gasteiger partial charge in [0.2, 0.25) is 0 Å². The van der Waals surface area contributed by atoms with Crippen LogP contribution in [0.2, 0.25) is 0 Å². The van der Waals surface area contributed by atoms with Crippen molar-refractivity contribution in [1.29, 1.82) is 0 Å². The summed E-state index contributed by atoms with van der Waals surface area (Å²) in [5.74, 6) is 0. The Morgan fingerprint density at radius 2 is 2.12 bits per heavy atom. The zero-order valence-electron chi connectivity index (χ0n) is 9.23. The third-order valence-corrected chi connectivity index (χ3v) is 4.14. The monoisotopic (exact) mass is 281 g/mol. The van der Waals surface area contributed by atoms with E-state index in [1.54, 1.807) is 0 Å². The lowest BCUT2D eigenvalue weighted by molar-refractivity contribution is 0.0311. The summed E-state index contributed by atoms with van der Waals surface area (Å²) in [6.45, 7) is 3.26. The fourth-order valence-electron chi connectivity index (χ4n) is 2.68. The van der Waals surface area contributed by atoms with Crippen LogP contribution in [-0.4, -0.2) is 36.7 Å². The Morgan fingerprint density at radius 3 is 2.75 bits per heavy atom. The number of ether oxygens (including phenoxy) is 1. The van der Waals surface area contributed by atoms with Gasteiger partial charge in [0.05, 0.1) is 12.7 Å². The molecule has 0 radical (unpaired) electrons. The third-order valence-electron chi connectivity index (χ3n) is 3.61. The highest BCUT2D eigenvalue weighted by Crippen LogP contribution is 2.27. The Balaban J connectivity index is 1.55. The van der Waals surface area contributed by atoms with Gasteiger partial charge in [-0.15, -0.1) is 0 Å². The molecule has 0 aliphatic carbocycles. The molecule has 2 unspecified atom stereocenters. The van der Waals surface area contributed by atoms with Gasteiger partial charge in [0.25, 0.3) is 0 Å². The van der Waals surface area contributed by atoms with Crippen LogP contribution in [0.25, 0.3) is 0 Å². The van der Waals surface area contributed by atoms with Gasteiger partial charge in [-0.1, -0.05) is 28.1 Å². The van der Waals surface area contributed by atoms with Gasteiger partial charge in [0.1, 0.15) is 0 Å². The molecule has 2 saturated heterocycles. The van der Waals surface area contributed by atoms with Crippen molar-refractivity contribution in [2.24, 2.45) is 0 Å². The summed E-state index contributed by atoms with van der Waals surface area (Å²) in [4.78, 5) is 2.58. The van der Waals surface area contributed by atoms with Crippen LogP contribution in [0.1, 0.15) is 12.0 Å². The summed E-state index contributed by atoms with van der Waals surface area (Å²) in [6, 6.07) is 9.34. The molecule has 2 bridgehead atoms. The lowest BCUT2D eigenvalue weighted by Gasteiger charge is -2.26. The van der Waals surface area contributed by atoms with Crippen molar-refractivity contribution < 1.29 is 4.74 Å². The zero-order valence-corrected chi connectivity index (χ0v) is 10.8. The van der Waals surface area contributed by atoms with Crippen molar-refractivity contribution in [3.8, 4) is 0 Å². The van der Waals surface area contributed by atoms with Gasteiger partial charge in [-0.2, -0.15) is 0 Å². The predicted octanol–water partition coefficient (Wildman–Crippen LogP) is 2.46. The molecule has 0 aromatic heterocycles. The van der Waals surface area contributed by atoms with E-state index in [2.05, 4.69) is 45.1 Å². The molecule has 2 atom stereocenters. The zero-order chi connectivity index (χ0) is 11.0. The van der Waals surface area contributed by atoms with Crippen LogP contribution in [0.5, 0.6) is 0 Å². The summed E-state index contributed by atoms with van der Waals surface area (Å²) >= 11 is 3.46. The molecule has 1 aromatic rings. The molecular formula is C13H16BrNO. The molecule has 3 rings (SSSR count). The van der Waals surface area contributed by atoms with E-state index in [0.29, 0.717) is 12.1 Å². The smallest absolute Gasteiger partial charge is 0.0718 e. The minimum absolute atomic E-state index is 0.523. The highest BCUT2D eigenvalue weighted by Gasteiger charge is 2.38. The molecule has 3 heteroatoms. The van der Waals surface area contributed by atoms with Gasteiger partial charge in [0.15, 0.2) is 0 Å². The Bertz CT molecular complexity index is 365. The number of nitrogens with zero attached hydrogens (tertiary/aromatic N) is 1. The number of halogens is 1. The van der Waals surface area contributed by atoms with Crippen molar-refractivity contribution in [3.63, 3.8) is 0 Å². The van der Waals surface area contributed by atoms with E-state index < -0.39 is 0 Å². The largest absolute Gasteiger partial charge is 0.375 e. The van der Waals surface area contributed by atoms with Crippen LogP contribution >= 0.6 is 15.9 Å². The van der Waals surface area contributed by atoms with Gasteiger partial charge in [-0.25, -0.2) is 0 Å². The molecule has 2 aliphatic heterocycles. The molecule has 0 N–H and O–H groups in total. The van der Waals surface area contributed by atoms with Crippen LogP contribution in [0.4, 0.5) is 0 Å². The van der Waals surface area contributed by atoms with Gasteiger partial charge in [0, 0.05) is 23.6 Å². The molecule has 1 aromatic carbocycles. The maximum atomic E-state index is 5.60. The van der Waals surface area contributed by atoms with Crippen LogP contribution in [-0.2, 0) is 11.2 Å². The second-order valence-electron chi connectivity index (χ2n) is 4.72. The Morgan fingerprint density at radius 1 is 1.31 bits per heavy atom. The molecule has 2 fully saturated rings. The fourth-order valence-corrected chi connectivity index (χ4v) is 2.94. The first kappa shape index (κ1) is 10.8. The molecule has 16 heavy (non-hydrogen) atoms. The number of hydrogen-bond acceptors (Lipinski definition) is 2. The number of likely N-dealkylation sites (tertiary alicyclic amines) is 1. The average Bonchev–Trinajstić information content (AvgIpc) is 2.90. The third kappa shape index (κ3) is 2.17. The first-order chi connectivity index (χ1) is 7.81. The second-order valence-corrected chi connectivity index (χ2v) is 5.63. The number of morpholine rings is 1. The Hall–Kier alpha value is -0.380. The highest BCUT2D eigenvalue weighted by molar-refractivity contribution is 9.10. The molecule has 86 valence electrons. The Labute approximate surface area is 105 Å². The summed E-state index contributed by atoms with van der Waals surface area (Å²) in [5, 5.41) is 0. The molecule has 0 saturated carbocycles. The topological polar surface area (TPSA) is 12.5 Å². The maximum Gasteiger partial charge on any atom is 0.0718 e. The van der Waals surface area contributed by atoms with Crippen molar-refractivity contribution >= 4 is 15.9 Å². The fraction of sp³-hybridized carbons (Fsp3) is 0.538. The molecule has 2 aliphatic rings. The summed E-state index contributed by atoms with van der Waals surface area (Å²) < 4.78 is 6.76. The number of rotatable bonds is 3. The summed E-state index contributed by atoms with van der Waals surface area (Å²) in [7, 11) is 0. The van der Waals surface area contributed by atoms with Crippen molar-refractivity contribution in [3.05, 3.63) is 34.3 Å². The predicted molar refractivity (Wildman–Crippen MR) is 67.6 cm³/mol. The van der Waals surface area contributed by atoms with Crippen molar-refractivity contribution in [2.45, 2.75) is 25.0 Å². The standard InChI is InChI=1S/C13H16BrNO/c14-11-3-1-10(2-4-11)5-6-15-8-13-7-12(15)9-16-13/h1-4,12-13H,5-9H2. The first-order valence-corrected chi connectivity index (χ1v) is 6.70. The van der Waals surface area contributed by atoms with Gasteiger partial charge in [-0.3, -0.25) is 4.90 Å². The lowest BCUT2D eigenvalue weighted by atomic mass is 10.1. The number of fused-ring (bicyclic) bond motifs is 2. The number of hydrogen-bond donors (Lipinski definition) is 0. The van der Waals surface area contributed by atoms with Crippen molar-refractivity contribution in [1.82, 2.24) is 4.90 Å². The van der Waals surface area contributed by atoms with Gasteiger partial charge < -0.3 is 4.74 Å². The molecular weight excluding hydrogens is 266 g/mol. The van der Waals surface area contributed by atoms with E-state index in [4.69, 9.17) is 4.74 Å². The van der Waals surface area contributed by atoms with E-state index in [1.807, 2.05) is 0 Å². The van der Waals surface area contributed by atoms with E-state index >= 15 is 0 Å². The average molecular weight is 282 g/mol. The van der Waals surface area contributed by atoms with Gasteiger partial charge >= 0.3 is 0 Å². The minimum Gasteiger partial charge on any atom is -0.375 e. The molecule has 2 heterocycles. The van der Waals surface area contributed by atoms with E-state index in [9.17, 15) is 0 Å². The minimum atomic E-state index is 0.523. The van der Waals surface area contributed by atoms with E-state index in [1.165, 1.54) is 18.5 Å². The SMILES string of the molecule is Brc1ccc(CCN2CC3CC2CO3)cc1. The summed E-state index contributed by atoms with van der Waals surface area (Å²) in [6.07, 6.45) is 2.92. The van der Waals surface area contributed by atoms with Crippen LogP contribution in [0.15, 0.2) is 28.7 Å². The van der Waals surface area contributed by atoms with Crippen LogP contribution < -0.4 is 0 Å². The van der Waals surface area contributed by atoms with Crippen LogP contribution in [0, 0.1) is 0 Å². The lowest BCUT2D eigenvalue weighted by Crippen LogP contribution is -2.38. The maximum absolute atomic E-state index is 5.60. The second kappa shape index (κ2) is 4.47. The van der Waals surface area contributed by atoms with Crippen LogP contribution in [0.3, 0.4) is 0 Å². The van der Waals surface area contributed by atoms with Crippen molar-refractivity contribution in [2.75, 3.05) is 19.7 Å². The molecule has 2 nitrogen and oxygen atoms in total. The quantitative estimate of drug-likeness (QED) is 0.844. The van der Waals surface area contributed by atoms with E-state index in [-0.39, 0.29) is 0 Å². The van der Waals surface area contributed by atoms with Gasteiger partial charge in [-0.05, 0) is 30.5 Å². The number of benzene rings is 1. The van der Waals surface area contributed by atoms with E-state index in [0.717, 1.165) is 24.0 Å². The molecule has 0 amide bonds. The normalized spacial score (nSPS) is 28.8. The molecule has 0 spiro atoms. The highest BCUT2D eigenvalue weighted by atomic mass is 79.9. The Kier molecular flexibility index (Phi) is 3.01.